The predicted molar refractivity (Wildman–Crippen MR) is 50.4 cm³/mol. The van der Waals surface area contributed by atoms with Gasteiger partial charge in [-0.25, -0.2) is 0 Å². The maximum Gasteiger partial charge on any atom is 0.220 e. The molecule has 2 saturated heterocycles. The van der Waals surface area contributed by atoms with Gasteiger partial charge in [-0.05, 0) is 13.0 Å². The molecule has 0 aromatic heterocycles. The Morgan fingerprint density at radius 2 is 2.38 bits per heavy atom. The molecule has 4 heteroatoms. The fraction of sp³-hybridized carbons (Fsp3) is 0.889. The van der Waals surface area contributed by atoms with Crippen LogP contribution in [0.3, 0.4) is 0 Å². The number of likely N-dealkylation sites (N-methyl/N-ethyl adjacent to an activating group) is 1. The van der Waals surface area contributed by atoms with Crippen LogP contribution >= 0.6 is 0 Å². The largest absolute Gasteiger partial charge is 0.356 e. The maximum atomic E-state index is 10.9. The highest BCUT2D eigenvalue weighted by Gasteiger charge is 2.30. The van der Waals surface area contributed by atoms with Gasteiger partial charge in [-0.15, -0.1) is 0 Å². The zero-order chi connectivity index (χ0) is 9.26. The number of likely N-dealkylation sites (tertiary alicyclic amines) is 1. The van der Waals surface area contributed by atoms with Gasteiger partial charge in [0.05, 0.1) is 0 Å². The van der Waals surface area contributed by atoms with E-state index in [-0.39, 0.29) is 5.91 Å². The van der Waals surface area contributed by atoms with Gasteiger partial charge < -0.3 is 10.6 Å². The number of nitrogens with one attached hydrogen (secondary N) is 2. The summed E-state index contributed by atoms with van der Waals surface area (Å²) in [6, 6.07) is 0.671. The lowest BCUT2D eigenvalue weighted by Gasteiger charge is -2.40. The second kappa shape index (κ2) is 3.64. The van der Waals surface area contributed by atoms with Gasteiger partial charge in [0.15, 0.2) is 0 Å². The Labute approximate surface area is 78.7 Å². The lowest BCUT2D eigenvalue weighted by Crippen LogP contribution is -2.57. The van der Waals surface area contributed by atoms with E-state index in [4.69, 9.17) is 0 Å². The van der Waals surface area contributed by atoms with E-state index in [1.165, 1.54) is 0 Å². The third-order valence-corrected chi connectivity index (χ3v) is 2.94. The lowest BCUT2D eigenvalue weighted by atomic mass is 10.0. The molecule has 0 radical (unpaired) electrons. The fourth-order valence-electron chi connectivity index (χ4n) is 2.06. The monoisotopic (exact) mass is 183 g/mol. The first-order valence-corrected chi connectivity index (χ1v) is 4.94. The summed E-state index contributed by atoms with van der Waals surface area (Å²) in [4.78, 5) is 13.3. The smallest absolute Gasteiger partial charge is 0.220 e. The molecule has 0 spiro atoms. The topological polar surface area (TPSA) is 44.4 Å². The summed E-state index contributed by atoms with van der Waals surface area (Å²) in [6.07, 6.45) is 0.723. The van der Waals surface area contributed by atoms with Crippen molar-refractivity contribution in [3.63, 3.8) is 0 Å². The molecule has 0 aromatic rings. The second-order valence-corrected chi connectivity index (χ2v) is 4.08. The normalized spacial score (nSPS) is 30.2. The van der Waals surface area contributed by atoms with Crippen LogP contribution in [-0.4, -0.2) is 50.1 Å². The Balaban J connectivity index is 1.66. The van der Waals surface area contributed by atoms with Crippen molar-refractivity contribution in [2.45, 2.75) is 12.5 Å². The highest BCUT2D eigenvalue weighted by molar-refractivity contribution is 5.78. The molecule has 1 amide bonds. The Hall–Kier alpha value is -0.610. The summed E-state index contributed by atoms with van der Waals surface area (Å²) in [7, 11) is 2.00. The number of rotatable bonds is 3. The summed E-state index contributed by atoms with van der Waals surface area (Å²) in [5.41, 5.74) is 0. The standard InChI is InChI=1S/C9H17N3O/c1-10-8-5-12(6-8)4-7-2-9(13)11-3-7/h7-8,10H,2-6H2,1H3,(H,11,13). The van der Waals surface area contributed by atoms with E-state index >= 15 is 0 Å². The molecule has 1 unspecified atom stereocenters. The van der Waals surface area contributed by atoms with Gasteiger partial charge in [-0.1, -0.05) is 0 Å². The van der Waals surface area contributed by atoms with Crippen molar-refractivity contribution in [2.75, 3.05) is 33.2 Å². The molecular formula is C9H17N3O. The van der Waals surface area contributed by atoms with Gasteiger partial charge in [0.1, 0.15) is 0 Å². The van der Waals surface area contributed by atoms with Crippen molar-refractivity contribution in [2.24, 2.45) is 5.92 Å². The van der Waals surface area contributed by atoms with E-state index in [2.05, 4.69) is 15.5 Å². The van der Waals surface area contributed by atoms with E-state index in [0.717, 1.165) is 32.6 Å². The highest BCUT2D eigenvalue weighted by atomic mass is 16.1. The molecule has 0 bridgehead atoms. The van der Waals surface area contributed by atoms with Gasteiger partial charge in [-0.2, -0.15) is 0 Å². The van der Waals surface area contributed by atoms with Crippen molar-refractivity contribution < 1.29 is 4.79 Å². The molecule has 0 saturated carbocycles. The van der Waals surface area contributed by atoms with E-state index in [0.29, 0.717) is 12.0 Å². The molecule has 0 aromatic carbocycles. The molecule has 2 N–H and O–H groups in total. The quantitative estimate of drug-likeness (QED) is 0.591. The third-order valence-electron chi connectivity index (χ3n) is 2.94. The van der Waals surface area contributed by atoms with Crippen molar-refractivity contribution in [1.29, 1.82) is 0 Å². The minimum atomic E-state index is 0.218. The number of carbonyl (C=O) groups is 1. The summed E-state index contributed by atoms with van der Waals surface area (Å²) >= 11 is 0. The summed E-state index contributed by atoms with van der Waals surface area (Å²) in [6.45, 7) is 4.23. The molecular weight excluding hydrogens is 166 g/mol. The van der Waals surface area contributed by atoms with Crippen LogP contribution in [0.2, 0.25) is 0 Å². The lowest BCUT2D eigenvalue weighted by molar-refractivity contribution is -0.119. The van der Waals surface area contributed by atoms with Gasteiger partial charge in [0.2, 0.25) is 5.91 Å². The average molecular weight is 183 g/mol. The number of hydrogen-bond donors (Lipinski definition) is 2. The van der Waals surface area contributed by atoms with Crippen LogP contribution < -0.4 is 10.6 Å². The first-order valence-electron chi connectivity index (χ1n) is 4.94. The SMILES string of the molecule is CNC1CN(CC2CNC(=O)C2)C1. The molecule has 1 atom stereocenters. The average Bonchev–Trinajstić information content (AvgIpc) is 2.43. The van der Waals surface area contributed by atoms with Gasteiger partial charge in [0.25, 0.3) is 0 Å². The van der Waals surface area contributed by atoms with E-state index in [1.54, 1.807) is 0 Å². The van der Waals surface area contributed by atoms with E-state index < -0.39 is 0 Å². The molecule has 2 fully saturated rings. The molecule has 74 valence electrons. The third kappa shape index (κ3) is 2.00. The zero-order valence-electron chi connectivity index (χ0n) is 8.05. The number of hydrogen-bond acceptors (Lipinski definition) is 3. The van der Waals surface area contributed by atoms with Crippen molar-refractivity contribution in [1.82, 2.24) is 15.5 Å². The molecule has 0 aliphatic carbocycles. The minimum absolute atomic E-state index is 0.218. The molecule has 2 rings (SSSR count). The van der Waals surface area contributed by atoms with E-state index in [9.17, 15) is 4.79 Å². The summed E-state index contributed by atoms with van der Waals surface area (Å²) < 4.78 is 0. The fourth-order valence-corrected chi connectivity index (χ4v) is 2.06. The number of nitrogens with zero attached hydrogens (tertiary/aromatic N) is 1. The van der Waals surface area contributed by atoms with Crippen LogP contribution in [0.4, 0.5) is 0 Å². The van der Waals surface area contributed by atoms with Crippen LogP contribution in [0, 0.1) is 5.92 Å². The first kappa shape index (κ1) is 8.97. The summed E-state index contributed by atoms with van der Waals surface area (Å²) in [5.74, 6) is 0.765. The van der Waals surface area contributed by atoms with Crippen LogP contribution in [0.1, 0.15) is 6.42 Å². The van der Waals surface area contributed by atoms with Crippen LogP contribution in [-0.2, 0) is 4.79 Å². The highest BCUT2D eigenvalue weighted by Crippen LogP contribution is 2.15. The predicted octanol–water partition coefficient (Wildman–Crippen LogP) is -0.974. The van der Waals surface area contributed by atoms with Crippen molar-refractivity contribution >= 4 is 5.91 Å². The minimum Gasteiger partial charge on any atom is -0.356 e. The van der Waals surface area contributed by atoms with E-state index in [1.807, 2.05) is 7.05 Å². The first-order chi connectivity index (χ1) is 6.28. The van der Waals surface area contributed by atoms with Gasteiger partial charge in [-0.3, -0.25) is 9.69 Å². The molecule has 2 heterocycles. The number of carbonyl (C=O) groups excluding carboxylic acids is 1. The summed E-state index contributed by atoms with van der Waals surface area (Å²) in [5, 5.41) is 6.11. The van der Waals surface area contributed by atoms with Crippen molar-refractivity contribution in [3.8, 4) is 0 Å². The Bertz CT molecular complexity index is 201. The molecule has 13 heavy (non-hydrogen) atoms. The molecule has 2 aliphatic heterocycles. The molecule has 2 aliphatic rings. The maximum absolute atomic E-state index is 10.9. The Morgan fingerprint density at radius 1 is 1.62 bits per heavy atom. The van der Waals surface area contributed by atoms with Crippen molar-refractivity contribution in [3.05, 3.63) is 0 Å². The zero-order valence-corrected chi connectivity index (χ0v) is 8.05. The van der Waals surface area contributed by atoms with Gasteiger partial charge in [0, 0.05) is 38.6 Å². The molecule has 4 nitrogen and oxygen atoms in total. The Kier molecular flexibility index (Phi) is 2.51. The van der Waals surface area contributed by atoms with Crippen LogP contribution in [0.5, 0.6) is 0 Å². The second-order valence-electron chi connectivity index (χ2n) is 4.08. The van der Waals surface area contributed by atoms with Crippen LogP contribution in [0.25, 0.3) is 0 Å². The Morgan fingerprint density at radius 3 is 2.92 bits per heavy atom. The van der Waals surface area contributed by atoms with Gasteiger partial charge >= 0.3 is 0 Å². The number of amides is 1. The van der Waals surface area contributed by atoms with Crippen LogP contribution in [0.15, 0.2) is 0 Å².